The van der Waals surface area contributed by atoms with Gasteiger partial charge >= 0.3 is 5.97 Å². The second-order valence-electron chi connectivity index (χ2n) is 4.46. The van der Waals surface area contributed by atoms with Gasteiger partial charge in [-0.3, -0.25) is 4.79 Å². The number of thiazole rings is 2. The number of hydrogen-bond donors (Lipinski definition) is 2. The van der Waals surface area contributed by atoms with Gasteiger partial charge in [0, 0.05) is 17.2 Å². The molecule has 116 valence electrons. The summed E-state index contributed by atoms with van der Waals surface area (Å²) in [5, 5.41) is 22.1. The number of carboxylic acid groups (broad SMARTS) is 1. The summed E-state index contributed by atoms with van der Waals surface area (Å²) >= 11 is 2.59. The highest BCUT2D eigenvalue weighted by molar-refractivity contribution is 7.13. The van der Waals surface area contributed by atoms with Crippen LogP contribution in [-0.4, -0.2) is 32.1 Å². The Hall–Kier alpha value is -2.61. The molecule has 0 radical (unpaired) electrons. The average Bonchev–Trinajstić information content (AvgIpc) is 3.26. The third-order valence-corrected chi connectivity index (χ3v) is 4.56. The molecule has 10 heteroatoms. The van der Waals surface area contributed by atoms with E-state index in [9.17, 15) is 4.79 Å². The van der Waals surface area contributed by atoms with E-state index >= 15 is 0 Å². The van der Waals surface area contributed by atoms with Gasteiger partial charge in [0.25, 0.3) is 0 Å². The maximum absolute atomic E-state index is 10.8. The van der Waals surface area contributed by atoms with E-state index in [1.54, 1.807) is 10.8 Å². The summed E-state index contributed by atoms with van der Waals surface area (Å²) in [6.07, 6.45) is 1.59. The van der Waals surface area contributed by atoms with E-state index in [-0.39, 0.29) is 6.42 Å². The number of aromatic nitrogens is 3. The van der Waals surface area contributed by atoms with Crippen molar-refractivity contribution in [1.82, 2.24) is 15.0 Å². The molecule has 0 fully saturated rings. The topological polar surface area (TPSA) is 139 Å². The van der Waals surface area contributed by atoms with Gasteiger partial charge in [0.05, 0.1) is 5.01 Å². The van der Waals surface area contributed by atoms with Crippen LogP contribution in [0.1, 0.15) is 10.7 Å². The average molecular weight is 347 g/mol. The highest BCUT2D eigenvalue weighted by Crippen LogP contribution is 2.27. The fourth-order valence-electron chi connectivity index (χ4n) is 1.71. The number of carbonyl (C=O) groups is 1. The number of rotatable bonds is 5. The number of hydrogen-bond acceptors (Lipinski definition) is 9. The number of carboxylic acids is 1. The Morgan fingerprint density at radius 3 is 2.87 bits per heavy atom. The van der Waals surface area contributed by atoms with E-state index < -0.39 is 12.0 Å². The van der Waals surface area contributed by atoms with Crippen LogP contribution in [0.2, 0.25) is 0 Å². The lowest BCUT2D eigenvalue weighted by molar-refractivity contribution is -0.138. The van der Waals surface area contributed by atoms with Crippen molar-refractivity contribution in [1.29, 1.82) is 5.26 Å². The van der Waals surface area contributed by atoms with Gasteiger partial charge < -0.3 is 15.3 Å². The van der Waals surface area contributed by atoms with Crippen LogP contribution in [0.15, 0.2) is 21.4 Å². The van der Waals surface area contributed by atoms with Gasteiger partial charge in [0.15, 0.2) is 5.69 Å². The predicted molar refractivity (Wildman–Crippen MR) is 82.7 cm³/mol. The van der Waals surface area contributed by atoms with Gasteiger partial charge in [-0.1, -0.05) is 0 Å². The molecule has 0 amide bonds. The molecule has 3 aromatic heterocycles. The molecule has 0 aliphatic carbocycles. The minimum Gasteiger partial charge on any atom is -0.480 e. The number of aliphatic carboxylic acids is 1. The lowest BCUT2D eigenvalue weighted by Crippen LogP contribution is -2.32. The Balaban J connectivity index is 1.79. The largest absolute Gasteiger partial charge is 0.480 e. The van der Waals surface area contributed by atoms with E-state index in [2.05, 4.69) is 15.0 Å². The van der Waals surface area contributed by atoms with Crippen LogP contribution in [0.3, 0.4) is 0 Å². The first-order valence-corrected chi connectivity index (χ1v) is 8.07. The van der Waals surface area contributed by atoms with Crippen LogP contribution >= 0.6 is 22.7 Å². The van der Waals surface area contributed by atoms with Gasteiger partial charge in [0.1, 0.15) is 34.8 Å². The highest BCUT2D eigenvalue weighted by Gasteiger charge is 2.17. The highest BCUT2D eigenvalue weighted by atomic mass is 32.1. The summed E-state index contributed by atoms with van der Waals surface area (Å²) in [6.45, 7) is 0. The van der Waals surface area contributed by atoms with Crippen LogP contribution in [0.25, 0.3) is 22.3 Å². The standard InChI is InChI=1S/C13H9N5O3S2/c14-2-6-4-23-12(16-6)8-3-21-11(18-8)9-5-22-10(17-9)1-7(15)13(19)20/h3-5,7H,1,15H2,(H,19,20)/t7-/m0/s1. The molecule has 0 saturated heterocycles. The van der Waals surface area contributed by atoms with Crippen molar-refractivity contribution in [2.75, 3.05) is 0 Å². The molecule has 0 aliphatic rings. The van der Waals surface area contributed by atoms with E-state index in [4.69, 9.17) is 20.5 Å². The lowest BCUT2D eigenvalue weighted by atomic mass is 10.2. The molecule has 0 unspecified atom stereocenters. The van der Waals surface area contributed by atoms with Crippen molar-refractivity contribution in [2.45, 2.75) is 12.5 Å². The second-order valence-corrected chi connectivity index (χ2v) is 6.26. The number of nitriles is 1. The van der Waals surface area contributed by atoms with Crippen molar-refractivity contribution >= 4 is 28.6 Å². The fourth-order valence-corrected chi connectivity index (χ4v) is 3.23. The van der Waals surface area contributed by atoms with Crippen molar-refractivity contribution in [3.8, 4) is 28.4 Å². The fraction of sp³-hybridized carbons (Fsp3) is 0.154. The Morgan fingerprint density at radius 2 is 2.17 bits per heavy atom. The molecule has 0 aliphatic heterocycles. The van der Waals surface area contributed by atoms with E-state index in [1.165, 1.54) is 28.9 Å². The zero-order valence-electron chi connectivity index (χ0n) is 11.5. The van der Waals surface area contributed by atoms with Gasteiger partial charge in [0.2, 0.25) is 5.89 Å². The zero-order valence-corrected chi connectivity index (χ0v) is 13.1. The molecule has 0 spiro atoms. The molecular formula is C13H9N5O3S2. The first-order valence-electron chi connectivity index (χ1n) is 6.31. The quantitative estimate of drug-likeness (QED) is 0.711. The molecule has 0 bridgehead atoms. The van der Waals surface area contributed by atoms with Crippen molar-refractivity contribution in [3.05, 3.63) is 27.7 Å². The molecule has 3 rings (SSSR count). The third-order valence-electron chi connectivity index (χ3n) is 2.82. The second kappa shape index (κ2) is 6.25. The number of nitrogens with zero attached hydrogens (tertiary/aromatic N) is 4. The molecule has 1 atom stereocenters. The van der Waals surface area contributed by atoms with Crippen LogP contribution in [0, 0.1) is 11.3 Å². The first-order chi connectivity index (χ1) is 11.1. The third kappa shape index (κ3) is 3.26. The van der Waals surface area contributed by atoms with Gasteiger partial charge in [-0.15, -0.1) is 22.7 Å². The van der Waals surface area contributed by atoms with E-state index in [0.29, 0.717) is 33.0 Å². The molecule has 3 aromatic rings. The van der Waals surface area contributed by atoms with Gasteiger partial charge in [-0.05, 0) is 0 Å². The summed E-state index contributed by atoms with van der Waals surface area (Å²) in [5.41, 5.74) is 6.84. The molecule has 23 heavy (non-hydrogen) atoms. The molecule has 0 aromatic carbocycles. The minimum absolute atomic E-state index is 0.144. The van der Waals surface area contributed by atoms with Crippen LogP contribution in [0.4, 0.5) is 0 Å². The Morgan fingerprint density at radius 1 is 1.35 bits per heavy atom. The molecular weight excluding hydrogens is 338 g/mol. The summed E-state index contributed by atoms with van der Waals surface area (Å²) in [5.74, 6) is -0.766. The maximum atomic E-state index is 10.8. The molecule has 3 N–H and O–H groups in total. The smallest absolute Gasteiger partial charge is 0.320 e. The molecule has 3 heterocycles. The Bertz CT molecular complexity index is 891. The minimum atomic E-state index is -1.07. The first kappa shape index (κ1) is 15.3. The zero-order chi connectivity index (χ0) is 16.4. The predicted octanol–water partition coefficient (Wildman–Crippen LogP) is 1.75. The summed E-state index contributed by atoms with van der Waals surface area (Å²) in [6, 6.07) is 0.965. The summed E-state index contributed by atoms with van der Waals surface area (Å²) < 4.78 is 5.38. The Labute approximate surface area is 137 Å². The van der Waals surface area contributed by atoms with Crippen molar-refractivity contribution in [2.24, 2.45) is 5.73 Å². The van der Waals surface area contributed by atoms with Crippen molar-refractivity contribution in [3.63, 3.8) is 0 Å². The van der Waals surface area contributed by atoms with Crippen LogP contribution in [0.5, 0.6) is 0 Å². The maximum Gasteiger partial charge on any atom is 0.320 e. The lowest BCUT2D eigenvalue weighted by Gasteiger charge is -2.01. The van der Waals surface area contributed by atoms with Crippen LogP contribution < -0.4 is 5.73 Å². The van der Waals surface area contributed by atoms with Crippen LogP contribution in [-0.2, 0) is 11.2 Å². The summed E-state index contributed by atoms with van der Waals surface area (Å²) in [7, 11) is 0. The van der Waals surface area contributed by atoms with E-state index in [1.807, 2.05) is 6.07 Å². The number of oxazole rings is 1. The van der Waals surface area contributed by atoms with E-state index in [0.717, 1.165) is 0 Å². The monoisotopic (exact) mass is 347 g/mol. The van der Waals surface area contributed by atoms with Gasteiger partial charge in [-0.25, -0.2) is 15.0 Å². The molecule has 0 saturated carbocycles. The molecule has 8 nitrogen and oxygen atoms in total. The van der Waals surface area contributed by atoms with Crippen molar-refractivity contribution < 1.29 is 14.3 Å². The Kier molecular flexibility index (Phi) is 4.16. The normalized spacial score (nSPS) is 12.0. The van der Waals surface area contributed by atoms with Gasteiger partial charge in [-0.2, -0.15) is 5.26 Å². The number of nitrogens with two attached hydrogens (primary N) is 1. The summed E-state index contributed by atoms with van der Waals surface area (Å²) in [4.78, 5) is 23.4. The SMILES string of the molecule is N#Cc1csc(-c2coc(-c3csc(C[C@H](N)C(=O)O)n3)n2)n1.